The summed E-state index contributed by atoms with van der Waals surface area (Å²) in [5, 5.41) is 5.64. The van der Waals surface area contributed by atoms with Gasteiger partial charge in [0, 0.05) is 6.04 Å². The third kappa shape index (κ3) is 3.77. The van der Waals surface area contributed by atoms with Crippen LogP contribution in [-0.4, -0.2) is 31.3 Å². The molecule has 1 aliphatic heterocycles. The normalized spacial score (nSPS) is 18.5. The molecule has 0 radical (unpaired) electrons. The molecule has 2 atom stereocenters. The van der Waals surface area contributed by atoms with Crippen LogP contribution in [0.15, 0.2) is 24.3 Å². The van der Waals surface area contributed by atoms with Crippen LogP contribution >= 0.6 is 0 Å². The van der Waals surface area contributed by atoms with Crippen molar-refractivity contribution in [2.45, 2.75) is 32.4 Å². The number of carbonyl (C=O) groups excluding carboxylic acids is 1. The van der Waals surface area contributed by atoms with Crippen LogP contribution in [0.1, 0.15) is 20.3 Å². The molecule has 19 heavy (non-hydrogen) atoms. The summed E-state index contributed by atoms with van der Waals surface area (Å²) in [6, 6.07) is 7.53. The molecule has 2 unspecified atom stereocenters. The molecule has 2 amide bonds. The van der Waals surface area contributed by atoms with E-state index in [0.29, 0.717) is 13.2 Å². The Morgan fingerprint density at radius 3 is 2.89 bits per heavy atom. The predicted molar refractivity (Wildman–Crippen MR) is 72.6 cm³/mol. The van der Waals surface area contributed by atoms with Crippen LogP contribution in [0.5, 0.6) is 11.5 Å². The number of benzene rings is 1. The first-order chi connectivity index (χ1) is 9.19. The summed E-state index contributed by atoms with van der Waals surface area (Å²) in [6.45, 7) is 4.87. The van der Waals surface area contributed by atoms with Crippen molar-refractivity contribution < 1.29 is 14.3 Å². The maximum atomic E-state index is 11.6. The number of hydrogen-bond acceptors (Lipinski definition) is 3. The fourth-order valence-electron chi connectivity index (χ4n) is 1.75. The van der Waals surface area contributed by atoms with E-state index in [-0.39, 0.29) is 18.2 Å². The SMILES string of the molecule is CCC(C)NC(=O)NCC1COc2ccccc2O1. The number of ether oxygens (including phenoxy) is 2. The summed E-state index contributed by atoms with van der Waals surface area (Å²) < 4.78 is 11.3. The molecule has 0 spiro atoms. The number of amides is 2. The molecule has 5 nitrogen and oxygen atoms in total. The lowest BCUT2D eigenvalue weighted by Gasteiger charge is -2.26. The summed E-state index contributed by atoms with van der Waals surface area (Å²) >= 11 is 0. The second-order valence-corrected chi connectivity index (χ2v) is 4.66. The van der Waals surface area contributed by atoms with Gasteiger partial charge in [0.1, 0.15) is 6.61 Å². The molecule has 0 bridgehead atoms. The molecule has 1 aromatic carbocycles. The van der Waals surface area contributed by atoms with Crippen LogP contribution in [0, 0.1) is 0 Å². The molecule has 1 heterocycles. The third-order valence-corrected chi connectivity index (χ3v) is 3.05. The summed E-state index contributed by atoms with van der Waals surface area (Å²) in [4.78, 5) is 11.6. The van der Waals surface area contributed by atoms with Crippen molar-refractivity contribution in [3.05, 3.63) is 24.3 Å². The first-order valence-corrected chi connectivity index (χ1v) is 6.62. The largest absolute Gasteiger partial charge is 0.486 e. The fourth-order valence-corrected chi connectivity index (χ4v) is 1.75. The van der Waals surface area contributed by atoms with E-state index in [1.54, 1.807) is 0 Å². The van der Waals surface area contributed by atoms with Crippen LogP contribution in [0.2, 0.25) is 0 Å². The first-order valence-electron chi connectivity index (χ1n) is 6.62. The van der Waals surface area contributed by atoms with Gasteiger partial charge >= 0.3 is 6.03 Å². The van der Waals surface area contributed by atoms with E-state index in [0.717, 1.165) is 17.9 Å². The first kappa shape index (κ1) is 13.5. The van der Waals surface area contributed by atoms with Gasteiger partial charge in [0.05, 0.1) is 6.54 Å². The van der Waals surface area contributed by atoms with Crippen molar-refractivity contribution in [2.24, 2.45) is 0 Å². The van der Waals surface area contributed by atoms with E-state index in [9.17, 15) is 4.79 Å². The highest BCUT2D eigenvalue weighted by atomic mass is 16.6. The minimum absolute atomic E-state index is 0.155. The Bertz CT molecular complexity index is 436. The van der Waals surface area contributed by atoms with E-state index < -0.39 is 0 Å². The van der Waals surface area contributed by atoms with Crippen LogP contribution in [0.3, 0.4) is 0 Å². The number of urea groups is 1. The Labute approximate surface area is 113 Å². The number of nitrogens with one attached hydrogen (secondary N) is 2. The van der Waals surface area contributed by atoms with E-state index in [2.05, 4.69) is 10.6 Å². The Morgan fingerprint density at radius 1 is 1.42 bits per heavy atom. The van der Waals surface area contributed by atoms with Crippen molar-refractivity contribution in [1.82, 2.24) is 10.6 Å². The minimum Gasteiger partial charge on any atom is -0.486 e. The zero-order valence-corrected chi connectivity index (χ0v) is 11.3. The third-order valence-electron chi connectivity index (χ3n) is 3.05. The molecule has 0 saturated heterocycles. The van der Waals surface area contributed by atoms with E-state index >= 15 is 0 Å². The number of rotatable bonds is 4. The van der Waals surface area contributed by atoms with Crippen LogP contribution in [0.4, 0.5) is 4.79 Å². The average Bonchev–Trinajstić information content (AvgIpc) is 2.44. The molecular weight excluding hydrogens is 244 g/mol. The molecule has 104 valence electrons. The smallest absolute Gasteiger partial charge is 0.315 e. The molecular formula is C14H20N2O3. The van der Waals surface area contributed by atoms with Crippen molar-refractivity contribution in [3.63, 3.8) is 0 Å². The highest BCUT2D eigenvalue weighted by Crippen LogP contribution is 2.30. The average molecular weight is 264 g/mol. The van der Waals surface area contributed by atoms with Crippen molar-refractivity contribution in [2.75, 3.05) is 13.2 Å². The summed E-state index contributed by atoms with van der Waals surface area (Å²) in [6.07, 6.45) is 0.752. The minimum atomic E-state index is -0.170. The molecule has 1 aromatic rings. The monoisotopic (exact) mass is 264 g/mol. The van der Waals surface area contributed by atoms with E-state index in [1.807, 2.05) is 38.1 Å². The quantitative estimate of drug-likeness (QED) is 0.873. The van der Waals surface area contributed by atoms with Gasteiger partial charge in [0.2, 0.25) is 0 Å². The van der Waals surface area contributed by atoms with Gasteiger partial charge in [-0.15, -0.1) is 0 Å². The lowest BCUT2D eigenvalue weighted by atomic mass is 10.2. The standard InChI is InChI=1S/C14H20N2O3/c1-3-10(2)16-14(17)15-8-11-9-18-12-6-4-5-7-13(12)19-11/h4-7,10-11H,3,8-9H2,1-2H3,(H2,15,16,17). The topological polar surface area (TPSA) is 59.6 Å². The molecule has 5 heteroatoms. The molecule has 0 saturated carbocycles. The van der Waals surface area contributed by atoms with Gasteiger partial charge in [-0.2, -0.15) is 0 Å². The van der Waals surface area contributed by atoms with Crippen molar-refractivity contribution >= 4 is 6.03 Å². The number of carbonyl (C=O) groups is 1. The summed E-state index contributed by atoms with van der Waals surface area (Å²) in [5.41, 5.74) is 0. The highest BCUT2D eigenvalue weighted by molar-refractivity contribution is 5.74. The number of para-hydroxylation sites is 2. The Kier molecular flexibility index (Phi) is 4.49. The molecule has 1 aliphatic rings. The van der Waals surface area contributed by atoms with Crippen LogP contribution < -0.4 is 20.1 Å². The second kappa shape index (κ2) is 6.31. The Balaban J connectivity index is 1.78. The molecule has 0 fully saturated rings. The lowest BCUT2D eigenvalue weighted by Crippen LogP contribution is -2.46. The maximum absolute atomic E-state index is 11.6. The van der Waals surface area contributed by atoms with Gasteiger partial charge < -0.3 is 20.1 Å². The second-order valence-electron chi connectivity index (χ2n) is 4.66. The zero-order valence-electron chi connectivity index (χ0n) is 11.3. The van der Waals surface area contributed by atoms with Gasteiger partial charge in [0.25, 0.3) is 0 Å². The van der Waals surface area contributed by atoms with Gasteiger partial charge in [-0.25, -0.2) is 4.79 Å². The van der Waals surface area contributed by atoms with Gasteiger partial charge in [-0.3, -0.25) is 0 Å². The van der Waals surface area contributed by atoms with Gasteiger partial charge in [-0.1, -0.05) is 19.1 Å². The Hall–Kier alpha value is -1.91. The van der Waals surface area contributed by atoms with Crippen molar-refractivity contribution in [3.8, 4) is 11.5 Å². The molecule has 2 N–H and O–H groups in total. The number of fused-ring (bicyclic) bond motifs is 1. The maximum Gasteiger partial charge on any atom is 0.315 e. The fraction of sp³-hybridized carbons (Fsp3) is 0.500. The van der Waals surface area contributed by atoms with Crippen molar-refractivity contribution in [1.29, 1.82) is 0 Å². The predicted octanol–water partition coefficient (Wildman–Crippen LogP) is 1.92. The van der Waals surface area contributed by atoms with E-state index in [1.165, 1.54) is 0 Å². The van der Waals surface area contributed by atoms with Gasteiger partial charge in [-0.05, 0) is 25.5 Å². The van der Waals surface area contributed by atoms with Crippen LogP contribution in [0.25, 0.3) is 0 Å². The highest BCUT2D eigenvalue weighted by Gasteiger charge is 2.21. The lowest BCUT2D eigenvalue weighted by molar-refractivity contribution is 0.0917. The molecule has 0 aromatic heterocycles. The molecule has 0 aliphatic carbocycles. The summed E-state index contributed by atoms with van der Waals surface area (Å²) in [7, 11) is 0. The van der Waals surface area contributed by atoms with Gasteiger partial charge in [0.15, 0.2) is 17.6 Å². The zero-order chi connectivity index (χ0) is 13.7. The van der Waals surface area contributed by atoms with Crippen LogP contribution in [-0.2, 0) is 0 Å². The molecule has 2 rings (SSSR count). The van der Waals surface area contributed by atoms with E-state index in [4.69, 9.17) is 9.47 Å². The number of hydrogen-bond donors (Lipinski definition) is 2. The summed E-state index contributed by atoms with van der Waals surface area (Å²) in [5.74, 6) is 1.48. The Morgan fingerprint density at radius 2 is 2.16 bits per heavy atom.